The third-order valence-corrected chi connectivity index (χ3v) is 1.33. The fourth-order valence-electron chi connectivity index (χ4n) is 0.377. The summed E-state index contributed by atoms with van der Waals surface area (Å²) >= 11 is 3.02. The van der Waals surface area contributed by atoms with Gasteiger partial charge in [-0.05, 0) is 13.0 Å². The van der Waals surface area contributed by atoms with Crippen LogP contribution in [0, 0.1) is 0 Å². The first-order valence-electron chi connectivity index (χ1n) is 2.84. The molecule has 0 unspecified atom stereocenters. The predicted octanol–water partition coefficient (Wildman–Crippen LogP) is -0.154. The Balaban J connectivity index is 2.97. The Kier molecular flexibility index (Phi) is 5.98. The number of nitrogens with two attached hydrogens (primary N) is 1. The molecule has 0 aliphatic heterocycles. The van der Waals surface area contributed by atoms with Gasteiger partial charge < -0.3 is 11.1 Å². The Hall–Kier alpha value is -0.0900. The minimum atomic E-state index is 0.0171. The van der Waals surface area contributed by atoms with Crippen LogP contribution in [0.5, 0.6) is 0 Å². The molecule has 0 saturated carbocycles. The minimum absolute atomic E-state index is 0.0171. The number of nitrogens with one attached hydrogen (secondary N) is 1. The maximum Gasteiger partial charge on any atom is 0.230 e. The fourth-order valence-corrected chi connectivity index (χ4v) is 0.575. The molecule has 0 aromatic heterocycles. The summed E-state index contributed by atoms with van der Waals surface area (Å²) < 4.78 is 0. The second-order valence-corrected chi connectivity index (χ2v) is 2.19. The van der Waals surface area contributed by atoms with E-state index in [2.05, 4.69) is 21.2 Å². The van der Waals surface area contributed by atoms with Gasteiger partial charge in [0.05, 0.1) is 5.33 Å². The molecule has 3 N–H and O–H groups in total. The number of hydrogen-bond acceptors (Lipinski definition) is 2. The molecule has 1 amide bonds. The van der Waals surface area contributed by atoms with E-state index in [0.29, 0.717) is 18.4 Å². The van der Waals surface area contributed by atoms with Gasteiger partial charge in [0, 0.05) is 6.54 Å². The third-order valence-electron chi connectivity index (χ3n) is 0.824. The average Bonchev–Trinajstić information content (AvgIpc) is 1.89. The molecule has 0 rings (SSSR count). The third kappa shape index (κ3) is 5.79. The van der Waals surface area contributed by atoms with Crippen LogP contribution in [0.15, 0.2) is 0 Å². The van der Waals surface area contributed by atoms with Gasteiger partial charge in [0.2, 0.25) is 5.91 Å². The van der Waals surface area contributed by atoms with Crippen LogP contribution in [0.2, 0.25) is 0 Å². The largest absolute Gasteiger partial charge is 0.355 e. The van der Waals surface area contributed by atoms with Gasteiger partial charge in [0.1, 0.15) is 0 Å². The number of carbonyl (C=O) groups excluding carboxylic acids is 1. The summed E-state index contributed by atoms with van der Waals surface area (Å²) in [6.07, 6.45) is 0.846. The highest BCUT2D eigenvalue weighted by molar-refractivity contribution is 9.09. The van der Waals surface area contributed by atoms with Gasteiger partial charge >= 0.3 is 0 Å². The molecule has 0 bridgehead atoms. The maximum absolute atomic E-state index is 10.5. The summed E-state index contributed by atoms with van der Waals surface area (Å²) in [5.74, 6) is 0.0171. The molecule has 3 nitrogen and oxygen atoms in total. The van der Waals surface area contributed by atoms with Gasteiger partial charge in [-0.3, -0.25) is 4.79 Å². The van der Waals surface area contributed by atoms with Gasteiger partial charge in [-0.1, -0.05) is 15.9 Å². The van der Waals surface area contributed by atoms with Gasteiger partial charge in [0.15, 0.2) is 0 Å². The van der Waals surface area contributed by atoms with E-state index in [-0.39, 0.29) is 5.91 Å². The van der Waals surface area contributed by atoms with Gasteiger partial charge in [-0.25, -0.2) is 0 Å². The van der Waals surface area contributed by atoms with Gasteiger partial charge in [-0.15, -0.1) is 0 Å². The summed E-state index contributed by atoms with van der Waals surface area (Å²) in [5.41, 5.74) is 5.19. The van der Waals surface area contributed by atoms with Crippen molar-refractivity contribution in [3.05, 3.63) is 0 Å². The van der Waals surface area contributed by atoms with Crippen molar-refractivity contribution >= 4 is 21.8 Å². The molecule has 54 valence electrons. The average molecular weight is 195 g/mol. The number of rotatable bonds is 4. The molecular weight excluding hydrogens is 184 g/mol. The Morgan fingerprint density at radius 1 is 1.67 bits per heavy atom. The second kappa shape index (κ2) is 6.04. The first kappa shape index (κ1) is 8.91. The molecule has 0 aromatic rings. The van der Waals surface area contributed by atoms with Crippen LogP contribution in [-0.4, -0.2) is 24.3 Å². The van der Waals surface area contributed by atoms with Crippen LogP contribution in [0.25, 0.3) is 0 Å². The van der Waals surface area contributed by atoms with Crippen LogP contribution in [0.1, 0.15) is 6.42 Å². The standard InChI is InChI=1S/C5H11BrN2O/c6-4-5(9)8-3-1-2-7/h1-4,7H2,(H,8,9). The zero-order valence-electron chi connectivity index (χ0n) is 5.19. The van der Waals surface area contributed by atoms with Crippen LogP contribution >= 0.6 is 15.9 Å². The lowest BCUT2D eigenvalue weighted by molar-refractivity contribution is -0.118. The highest BCUT2D eigenvalue weighted by atomic mass is 79.9. The van der Waals surface area contributed by atoms with Crippen molar-refractivity contribution in [1.82, 2.24) is 5.32 Å². The molecule has 9 heavy (non-hydrogen) atoms. The molecule has 0 aliphatic carbocycles. The number of halogens is 1. The first-order valence-corrected chi connectivity index (χ1v) is 3.96. The number of carbonyl (C=O) groups is 1. The maximum atomic E-state index is 10.5. The first-order chi connectivity index (χ1) is 4.31. The number of alkyl halides is 1. The predicted molar refractivity (Wildman–Crippen MR) is 40.5 cm³/mol. The highest BCUT2D eigenvalue weighted by Gasteiger charge is 1.93. The molecule has 0 saturated heterocycles. The SMILES string of the molecule is NCCCNC(=O)CBr. The number of hydrogen-bond donors (Lipinski definition) is 2. The molecular formula is C5H11BrN2O. The summed E-state index contributed by atoms with van der Waals surface area (Å²) in [6.45, 7) is 1.31. The molecule has 0 radical (unpaired) electrons. The number of amides is 1. The van der Waals surface area contributed by atoms with Crippen molar-refractivity contribution in [3.8, 4) is 0 Å². The van der Waals surface area contributed by atoms with E-state index in [4.69, 9.17) is 5.73 Å². The second-order valence-electron chi connectivity index (χ2n) is 1.63. The van der Waals surface area contributed by atoms with Gasteiger partial charge in [-0.2, -0.15) is 0 Å². The van der Waals surface area contributed by atoms with Crippen LogP contribution in [0.4, 0.5) is 0 Å². The van der Waals surface area contributed by atoms with E-state index < -0.39 is 0 Å². The van der Waals surface area contributed by atoms with Crippen molar-refractivity contribution in [2.45, 2.75) is 6.42 Å². The molecule has 0 atom stereocenters. The molecule has 0 spiro atoms. The normalized spacial score (nSPS) is 9.11. The van der Waals surface area contributed by atoms with Crippen molar-refractivity contribution in [1.29, 1.82) is 0 Å². The van der Waals surface area contributed by atoms with Crippen LogP contribution in [-0.2, 0) is 4.79 Å². The van der Waals surface area contributed by atoms with E-state index in [0.717, 1.165) is 6.42 Å². The lowest BCUT2D eigenvalue weighted by Crippen LogP contribution is -2.26. The molecule has 4 heteroatoms. The monoisotopic (exact) mass is 194 g/mol. The molecule has 0 aromatic carbocycles. The van der Waals surface area contributed by atoms with Crippen LogP contribution in [0.3, 0.4) is 0 Å². The van der Waals surface area contributed by atoms with Crippen molar-refractivity contribution < 1.29 is 4.79 Å². The Morgan fingerprint density at radius 3 is 2.78 bits per heavy atom. The van der Waals surface area contributed by atoms with E-state index in [1.54, 1.807) is 0 Å². The smallest absolute Gasteiger partial charge is 0.230 e. The quantitative estimate of drug-likeness (QED) is 0.484. The van der Waals surface area contributed by atoms with Crippen molar-refractivity contribution in [3.63, 3.8) is 0 Å². The topological polar surface area (TPSA) is 55.1 Å². The highest BCUT2D eigenvalue weighted by Crippen LogP contribution is 1.78. The Labute approximate surface area is 63.1 Å². The minimum Gasteiger partial charge on any atom is -0.355 e. The summed E-state index contributed by atoms with van der Waals surface area (Å²) in [7, 11) is 0. The van der Waals surface area contributed by atoms with E-state index in [9.17, 15) is 4.79 Å². The molecule has 0 heterocycles. The Bertz CT molecular complexity index is 87.0. The van der Waals surface area contributed by atoms with Crippen molar-refractivity contribution in [2.24, 2.45) is 5.73 Å². The van der Waals surface area contributed by atoms with E-state index >= 15 is 0 Å². The van der Waals surface area contributed by atoms with Gasteiger partial charge in [0.25, 0.3) is 0 Å². The summed E-state index contributed by atoms with van der Waals surface area (Å²) in [6, 6.07) is 0. The van der Waals surface area contributed by atoms with E-state index in [1.807, 2.05) is 0 Å². The zero-order chi connectivity index (χ0) is 7.11. The zero-order valence-corrected chi connectivity index (χ0v) is 6.78. The Morgan fingerprint density at radius 2 is 2.33 bits per heavy atom. The lowest BCUT2D eigenvalue weighted by Gasteiger charge is -1.98. The lowest BCUT2D eigenvalue weighted by atomic mass is 10.4. The summed E-state index contributed by atoms with van der Waals surface area (Å²) in [5, 5.41) is 3.04. The molecule has 0 aliphatic rings. The van der Waals surface area contributed by atoms with E-state index in [1.165, 1.54) is 0 Å². The molecule has 0 fully saturated rings. The fraction of sp³-hybridized carbons (Fsp3) is 0.800. The summed E-state index contributed by atoms with van der Waals surface area (Å²) in [4.78, 5) is 10.5. The van der Waals surface area contributed by atoms with Crippen molar-refractivity contribution in [2.75, 3.05) is 18.4 Å². The van der Waals surface area contributed by atoms with Crippen LogP contribution < -0.4 is 11.1 Å².